The minimum atomic E-state index is -0.726. The fourth-order valence-electron chi connectivity index (χ4n) is 2.52. The molecule has 0 aromatic carbocycles. The normalized spacial score (nSPS) is 26.1. The number of rotatable bonds is 5. The van der Waals surface area contributed by atoms with Gasteiger partial charge in [0.15, 0.2) is 0 Å². The quantitative estimate of drug-likeness (QED) is 0.704. The summed E-state index contributed by atoms with van der Waals surface area (Å²) >= 11 is 5.02. The van der Waals surface area contributed by atoms with Crippen molar-refractivity contribution in [1.29, 1.82) is 0 Å². The van der Waals surface area contributed by atoms with Crippen LogP contribution in [0.25, 0.3) is 0 Å². The molecule has 1 aliphatic rings. The van der Waals surface area contributed by atoms with E-state index in [2.05, 4.69) is 12.2 Å². The molecule has 0 aromatic heterocycles. The molecule has 1 fully saturated rings. The average molecular weight is 271 g/mol. The molecule has 5 nitrogen and oxygen atoms in total. The van der Waals surface area contributed by atoms with Gasteiger partial charge in [0.2, 0.25) is 11.8 Å². The van der Waals surface area contributed by atoms with Gasteiger partial charge in [-0.3, -0.25) is 9.59 Å². The smallest absolute Gasteiger partial charge is 0.239 e. The van der Waals surface area contributed by atoms with Crippen LogP contribution in [0.5, 0.6) is 0 Å². The topological polar surface area (TPSA) is 75.4 Å². The number of nitrogens with zero attached hydrogens (tertiary/aromatic N) is 1. The second kappa shape index (κ2) is 5.65. The third-order valence-electron chi connectivity index (χ3n) is 3.38. The average Bonchev–Trinajstić information content (AvgIpc) is 2.23. The highest BCUT2D eigenvalue weighted by molar-refractivity contribution is 7.80. The number of carbonyl (C=O) groups excluding carboxylic acids is 2. The SMILES string of the molecule is CCNC(=O)CN(C)C(=O)C1(C(N)=S)CC(C)C1. The third kappa shape index (κ3) is 2.80. The zero-order valence-electron chi connectivity index (χ0n) is 11.2. The lowest BCUT2D eigenvalue weighted by atomic mass is 9.61. The number of likely N-dealkylation sites (N-methyl/N-ethyl adjacent to an activating group) is 2. The molecule has 0 bridgehead atoms. The highest BCUT2D eigenvalue weighted by Gasteiger charge is 2.52. The number of hydrogen-bond donors (Lipinski definition) is 2. The van der Waals surface area contributed by atoms with Crippen LogP contribution in [0.1, 0.15) is 26.7 Å². The van der Waals surface area contributed by atoms with Gasteiger partial charge in [-0.15, -0.1) is 0 Å². The summed E-state index contributed by atoms with van der Waals surface area (Å²) < 4.78 is 0. The van der Waals surface area contributed by atoms with Crippen LogP contribution in [0.3, 0.4) is 0 Å². The molecule has 0 saturated heterocycles. The molecular formula is C12H21N3O2S. The first-order valence-electron chi connectivity index (χ1n) is 6.15. The molecule has 0 aliphatic heterocycles. The van der Waals surface area contributed by atoms with Crippen LogP contribution in [0.15, 0.2) is 0 Å². The minimum Gasteiger partial charge on any atom is -0.392 e. The van der Waals surface area contributed by atoms with E-state index in [-0.39, 0.29) is 23.3 Å². The molecule has 3 N–H and O–H groups in total. The van der Waals surface area contributed by atoms with Crippen molar-refractivity contribution in [3.05, 3.63) is 0 Å². The Kier molecular flexibility index (Phi) is 4.67. The fraction of sp³-hybridized carbons (Fsp3) is 0.750. The molecule has 6 heteroatoms. The monoisotopic (exact) mass is 271 g/mol. The Morgan fingerprint density at radius 1 is 1.50 bits per heavy atom. The number of carbonyl (C=O) groups is 2. The lowest BCUT2D eigenvalue weighted by molar-refractivity contribution is -0.145. The second-order valence-electron chi connectivity index (χ2n) is 5.07. The number of nitrogens with one attached hydrogen (secondary N) is 1. The zero-order valence-corrected chi connectivity index (χ0v) is 12.0. The molecule has 102 valence electrons. The van der Waals surface area contributed by atoms with Crippen molar-refractivity contribution < 1.29 is 9.59 Å². The largest absolute Gasteiger partial charge is 0.392 e. The Labute approximate surface area is 113 Å². The first-order chi connectivity index (χ1) is 8.33. The summed E-state index contributed by atoms with van der Waals surface area (Å²) in [5, 5.41) is 2.66. The first kappa shape index (κ1) is 14.9. The third-order valence-corrected chi connectivity index (χ3v) is 3.77. The molecule has 0 aromatic rings. The molecule has 0 radical (unpaired) electrons. The summed E-state index contributed by atoms with van der Waals surface area (Å²) in [6.07, 6.45) is 1.36. The number of amides is 2. The van der Waals surface area contributed by atoms with Crippen LogP contribution in [0.4, 0.5) is 0 Å². The molecule has 0 unspecified atom stereocenters. The van der Waals surface area contributed by atoms with Gasteiger partial charge in [-0.1, -0.05) is 19.1 Å². The summed E-state index contributed by atoms with van der Waals surface area (Å²) in [7, 11) is 1.61. The lowest BCUT2D eigenvalue weighted by Crippen LogP contribution is -2.57. The summed E-state index contributed by atoms with van der Waals surface area (Å²) in [5.41, 5.74) is 4.98. The lowest BCUT2D eigenvalue weighted by Gasteiger charge is -2.45. The zero-order chi connectivity index (χ0) is 13.9. The van der Waals surface area contributed by atoms with Crippen molar-refractivity contribution in [1.82, 2.24) is 10.2 Å². The van der Waals surface area contributed by atoms with E-state index >= 15 is 0 Å². The Balaban J connectivity index is 2.67. The van der Waals surface area contributed by atoms with Crippen molar-refractivity contribution in [3.63, 3.8) is 0 Å². The maximum atomic E-state index is 12.4. The maximum Gasteiger partial charge on any atom is 0.239 e. The molecule has 1 rings (SSSR count). The molecule has 2 amide bonds. The maximum absolute atomic E-state index is 12.4. The van der Waals surface area contributed by atoms with Crippen molar-refractivity contribution in [3.8, 4) is 0 Å². The van der Waals surface area contributed by atoms with Crippen molar-refractivity contribution in [2.75, 3.05) is 20.1 Å². The van der Waals surface area contributed by atoms with Gasteiger partial charge in [0.1, 0.15) is 0 Å². The van der Waals surface area contributed by atoms with Crippen LogP contribution < -0.4 is 11.1 Å². The molecule has 1 saturated carbocycles. The van der Waals surface area contributed by atoms with Crippen molar-refractivity contribution >= 4 is 29.0 Å². The van der Waals surface area contributed by atoms with Gasteiger partial charge in [-0.25, -0.2) is 0 Å². The van der Waals surface area contributed by atoms with E-state index in [1.54, 1.807) is 7.05 Å². The van der Waals surface area contributed by atoms with Crippen LogP contribution in [-0.4, -0.2) is 41.8 Å². The number of nitrogens with two attached hydrogens (primary N) is 1. The van der Waals surface area contributed by atoms with E-state index in [0.29, 0.717) is 25.3 Å². The molecule has 0 heterocycles. The Bertz CT molecular complexity index is 364. The van der Waals surface area contributed by atoms with Gasteiger partial charge in [0.25, 0.3) is 0 Å². The van der Waals surface area contributed by atoms with E-state index in [0.717, 1.165) is 0 Å². The number of hydrogen-bond acceptors (Lipinski definition) is 3. The predicted octanol–water partition coefficient (Wildman–Crippen LogP) is 0.283. The standard InChI is InChI=1S/C12H21N3O2S/c1-4-14-9(16)7-15(3)11(17)12(10(13)18)5-8(2)6-12/h8H,4-7H2,1-3H3,(H2,13,18)(H,14,16). The van der Waals surface area contributed by atoms with E-state index in [1.165, 1.54) is 4.90 Å². The fourth-order valence-corrected chi connectivity index (χ4v) is 2.77. The van der Waals surface area contributed by atoms with Crippen molar-refractivity contribution in [2.24, 2.45) is 17.1 Å². The van der Waals surface area contributed by atoms with Gasteiger partial charge in [-0.05, 0) is 25.7 Å². The predicted molar refractivity (Wildman–Crippen MR) is 73.9 cm³/mol. The minimum absolute atomic E-state index is 0.0470. The Morgan fingerprint density at radius 3 is 2.44 bits per heavy atom. The van der Waals surface area contributed by atoms with Gasteiger partial charge < -0.3 is 16.0 Å². The molecule has 1 aliphatic carbocycles. The van der Waals surface area contributed by atoms with E-state index in [1.807, 2.05) is 6.92 Å². The van der Waals surface area contributed by atoms with Crippen LogP contribution in [-0.2, 0) is 9.59 Å². The van der Waals surface area contributed by atoms with Crippen molar-refractivity contribution in [2.45, 2.75) is 26.7 Å². The molecule has 0 spiro atoms. The summed E-state index contributed by atoms with van der Waals surface area (Å²) in [6.45, 7) is 4.50. The van der Waals surface area contributed by atoms with Crippen LogP contribution in [0, 0.1) is 11.3 Å². The number of thiocarbonyl (C=S) groups is 1. The summed E-state index contributed by atoms with van der Waals surface area (Å²) in [6, 6.07) is 0. The first-order valence-corrected chi connectivity index (χ1v) is 6.56. The Morgan fingerprint density at radius 2 is 2.06 bits per heavy atom. The van der Waals surface area contributed by atoms with Gasteiger partial charge in [0.05, 0.1) is 16.9 Å². The Hall–Kier alpha value is -1.17. The highest BCUT2D eigenvalue weighted by atomic mass is 32.1. The highest BCUT2D eigenvalue weighted by Crippen LogP contribution is 2.46. The molecular weight excluding hydrogens is 250 g/mol. The van der Waals surface area contributed by atoms with E-state index < -0.39 is 5.41 Å². The van der Waals surface area contributed by atoms with Gasteiger partial charge in [-0.2, -0.15) is 0 Å². The van der Waals surface area contributed by atoms with Gasteiger partial charge in [0, 0.05) is 13.6 Å². The van der Waals surface area contributed by atoms with E-state index in [9.17, 15) is 9.59 Å². The molecule has 18 heavy (non-hydrogen) atoms. The van der Waals surface area contributed by atoms with Crippen LogP contribution >= 0.6 is 12.2 Å². The second-order valence-corrected chi connectivity index (χ2v) is 5.51. The van der Waals surface area contributed by atoms with Crippen LogP contribution in [0.2, 0.25) is 0 Å². The molecule has 0 atom stereocenters. The van der Waals surface area contributed by atoms with E-state index in [4.69, 9.17) is 18.0 Å². The van der Waals surface area contributed by atoms with Gasteiger partial charge >= 0.3 is 0 Å². The summed E-state index contributed by atoms with van der Waals surface area (Å²) in [5.74, 6) is 0.145. The summed E-state index contributed by atoms with van der Waals surface area (Å²) in [4.78, 5) is 25.5.